The van der Waals surface area contributed by atoms with Crippen LogP contribution >= 0.6 is 12.4 Å². The van der Waals surface area contributed by atoms with Crippen molar-refractivity contribution in [2.75, 3.05) is 19.8 Å². The van der Waals surface area contributed by atoms with Crippen LogP contribution in [0.4, 0.5) is 0 Å². The van der Waals surface area contributed by atoms with Crippen LogP contribution in [0.3, 0.4) is 0 Å². The van der Waals surface area contributed by atoms with Gasteiger partial charge in [0, 0.05) is 25.0 Å². The van der Waals surface area contributed by atoms with Crippen LogP contribution in [0.25, 0.3) is 0 Å². The zero-order valence-corrected chi connectivity index (χ0v) is 15.1. The van der Waals surface area contributed by atoms with E-state index in [1.54, 1.807) is 0 Å². The molecule has 2 N–H and O–H groups in total. The second-order valence-corrected chi connectivity index (χ2v) is 6.85. The molecule has 2 rings (SSSR count). The Balaban J connectivity index is 0.00000264. The van der Waals surface area contributed by atoms with Crippen LogP contribution in [0.2, 0.25) is 0 Å². The smallest absolute Gasteiger partial charge is 0.221 e. The molecular formula is C18H29ClN2O2. The number of amides is 1. The minimum Gasteiger partial charge on any atom is -0.378 e. The topological polar surface area (TPSA) is 50.4 Å². The van der Waals surface area contributed by atoms with Gasteiger partial charge in [0.25, 0.3) is 0 Å². The molecule has 1 aliphatic rings. The molecule has 1 aromatic rings. The van der Waals surface area contributed by atoms with Gasteiger partial charge >= 0.3 is 0 Å². The van der Waals surface area contributed by atoms with Crippen LogP contribution < -0.4 is 10.6 Å². The minimum atomic E-state index is 0. The second-order valence-electron chi connectivity index (χ2n) is 6.85. The van der Waals surface area contributed by atoms with Crippen molar-refractivity contribution in [1.82, 2.24) is 10.6 Å². The maximum Gasteiger partial charge on any atom is 0.221 e. The standard InChI is InChI=1S/C18H28N2O2.ClH/c1-14(12-18(2,3)15-7-5-4-6-8-15)20-17(21)11-16-13-22-10-9-19-16;/h4-8,14,16,19H,9-13H2,1-3H3,(H,20,21);1H. The molecule has 2 atom stereocenters. The molecule has 1 aliphatic heterocycles. The highest BCUT2D eigenvalue weighted by Crippen LogP contribution is 2.28. The Morgan fingerprint density at radius 3 is 2.70 bits per heavy atom. The minimum absolute atomic E-state index is 0. The summed E-state index contributed by atoms with van der Waals surface area (Å²) >= 11 is 0. The van der Waals surface area contributed by atoms with Crippen molar-refractivity contribution in [3.63, 3.8) is 0 Å². The fraction of sp³-hybridized carbons (Fsp3) is 0.611. The number of carbonyl (C=O) groups excluding carboxylic acids is 1. The average Bonchev–Trinajstić information content (AvgIpc) is 2.48. The van der Waals surface area contributed by atoms with Crippen molar-refractivity contribution >= 4 is 18.3 Å². The molecule has 5 heteroatoms. The van der Waals surface area contributed by atoms with Crippen molar-refractivity contribution in [3.05, 3.63) is 35.9 Å². The van der Waals surface area contributed by atoms with Crippen LogP contribution in [-0.2, 0) is 14.9 Å². The summed E-state index contributed by atoms with van der Waals surface area (Å²) < 4.78 is 5.38. The van der Waals surface area contributed by atoms with Gasteiger partial charge in [-0.25, -0.2) is 0 Å². The molecular weight excluding hydrogens is 312 g/mol. The predicted molar refractivity (Wildman–Crippen MR) is 96.2 cm³/mol. The molecule has 0 spiro atoms. The number of hydrogen-bond acceptors (Lipinski definition) is 3. The normalized spacial score (nSPS) is 19.5. The lowest BCUT2D eigenvalue weighted by atomic mass is 9.79. The number of rotatable bonds is 6. The third-order valence-corrected chi connectivity index (χ3v) is 4.21. The van der Waals surface area contributed by atoms with E-state index >= 15 is 0 Å². The number of ether oxygens (including phenoxy) is 1. The maximum absolute atomic E-state index is 12.1. The highest BCUT2D eigenvalue weighted by molar-refractivity contribution is 5.85. The molecule has 0 aromatic heterocycles. The summed E-state index contributed by atoms with van der Waals surface area (Å²) in [6.45, 7) is 8.71. The van der Waals surface area contributed by atoms with Crippen LogP contribution in [0, 0.1) is 0 Å². The van der Waals surface area contributed by atoms with Gasteiger partial charge in [-0.15, -0.1) is 12.4 Å². The van der Waals surface area contributed by atoms with Gasteiger partial charge in [0.1, 0.15) is 0 Å². The molecule has 2 unspecified atom stereocenters. The van der Waals surface area contributed by atoms with Crippen molar-refractivity contribution < 1.29 is 9.53 Å². The van der Waals surface area contributed by atoms with Gasteiger partial charge < -0.3 is 15.4 Å². The molecule has 0 saturated carbocycles. The monoisotopic (exact) mass is 340 g/mol. The third kappa shape index (κ3) is 6.50. The summed E-state index contributed by atoms with van der Waals surface area (Å²) in [6, 6.07) is 10.7. The van der Waals surface area contributed by atoms with Gasteiger partial charge in [-0.3, -0.25) is 4.79 Å². The van der Waals surface area contributed by atoms with Crippen LogP contribution in [0.1, 0.15) is 39.2 Å². The van der Waals surface area contributed by atoms with E-state index in [0.29, 0.717) is 13.0 Å². The summed E-state index contributed by atoms with van der Waals surface area (Å²) in [5, 5.41) is 6.43. The third-order valence-electron chi connectivity index (χ3n) is 4.21. The van der Waals surface area contributed by atoms with E-state index in [2.05, 4.69) is 55.7 Å². The Morgan fingerprint density at radius 2 is 2.09 bits per heavy atom. The zero-order valence-electron chi connectivity index (χ0n) is 14.3. The number of hydrogen-bond donors (Lipinski definition) is 2. The molecule has 1 amide bonds. The Labute approximate surface area is 145 Å². The predicted octanol–water partition coefficient (Wildman–Crippen LogP) is 2.66. The van der Waals surface area contributed by atoms with E-state index in [9.17, 15) is 4.79 Å². The summed E-state index contributed by atoms with van der Waals surface area (Å²) in [5.41, 5.74) is 1.35. The van der Waals surface area contributed by atoms with Crippen molar-refractivity contribution in [2.24, 2.45) is 0 Å². The molecule has 1 saturated heterocycles. The molecule has 23 heavy (non-hydrogen) atoms. The Kier molecular flexibility index (Phi) is 8.03. The molecule has 0 radical (unpaired) electrons. The van der Waals surface area contributed by atoms with Crippen molar-refractivity contribution in [3.8, 4) is 0 Å². The SMILES string of the molecule is CC(CC(C)(C)c1ccccc1)NC(=O)CC1COCCN1.Cl. The quantitative estimate of drug-likeness (QED) is 0.837. The van der Waals surface area contributed by atoms with Crippen LogP contribution in [-0.4, -0.2) is 37.7 Å². The summed E-state index contributed by atoms with van der Waals surface area (Å²) in [6.07, 6.45) is 1.40. The number of halogens is 1. The lowest BCUT2D eigenvalue weighted by molar-refractivity contribution is -0.123. The lowest BCUT2D eigenvalue weighted by Gasteiger charge is -2.30. The fourth-order valence-corrected chi connectivity index (χ4v) is 3.13. The first kappa shape index (κ1) is 19.9. The second kappa shape index (κ2) is 9.26. The maximum atomic E-state index is 12.1. The van der Waals surface area contributed by atoms with E-state index in [1.165, 1.54) is 5.56 Å². The van der Waals surface area contributed by atoms with Gasteiger partial charge in [-0.05, 0) is 24.3 Å². The van der Waals surface area contributed by atoms with Gasteiger partial charge in [-0.1, -0.05) is 44.2 Å². The summed E-state index contributed by atoms with van der Waals surface area (Å²) in [5.74, 6) is 0.0966. The number of benzene rings is 1. The van der Waals surface area contributed by atoms with Crippen molar-refractivity contribution in [1.29, 1.82) is 0 Å². The van der Waals surface area contributed by atoms with E-state index in [0.717, 1.165) is 19.6 Å². The fourth-order valence-electron chi connectivity index (χ4n) is 3.13. The molecule has 1 heterocycles. The Hall–Kier alpha value is -1.10. The molecule has 0 aliphatic carbocycles. The number of morpholine rings is 1. The lowest BCUT2D eigenvalue weighted by Crippen LogP contribution is -2.46. The van der Waals surface area contributed by atoms with Gasteiger partial charge in [0.2, 0.25) is 5.91 Å². The Morgan fingerprint density at radius 1 is 1.39 bits per heavy atom. The highest BCUT2D eigenvalue weighted by Gasteiger charge is 2.25. The van der Waals surface area contributed by atoms with E-state index in [1.807, 2.05) is 6.07 Å². The van der Waals surface area contributed by atoms with Crippen LogP contribution in [0.15, 0.2) is 30.3 Å². The first-order chi connectivity index (χ1) is 10.5. The van der Waals surface area contributed by atoms with E-state index in [-0.39, 0.29) is 35.8 Å². The van der Waals surface area contributed by atoms with Gasteiger partial charge in [-0.2, -0.15) is 0 Å². The average molecular weight is 341 g/mol. The summed E-state index contributed by atoms with van der Waals surface area (Å²) in [7, 11) is 0. The van der Waals surface area contributed by atoms with Crippen LogP contribution in [0.5, 0.6) is 0 Å². The summed E-state index contributed by atoms with van der Waals surface area (Å²) in [4.78, 5) is 12.1. The molecule has 0 bridgehead atoms. The van der Waals surface area contributed by atoms with Gasteiger partial charge in [0.05, 0.1) is 13.2 Å². The first-order valence-electron chi connectivity index (χ1n) is 8.13. The molecule has 1 fully saturated rings. The molecule has 130 valence electrons. The largest absolute Gasteiger partial charge is 0.378 e. The Bertz CT molecular complexity index is 473. The zero-order chi connectivity index (χ0) is 16.0. The van der Waals surface area contributed by atoms with E-state index in [4.69, 9.17) is 4.74 Å². The van der Waals surface area contributed by atoms with Gasteiger partial charge in [0.15, 0.2) is 0 Å². The highest BCUT2D eigenvalue weighted by atomic mass is 35.5. The number of nitrogens with one attached hydrogen (secondary N) is 2. The van der Waals surface area contributed by atoms with Crippen molar-refractivity contribution in [2.45, 2.75) is 51.1 Å². The molecule has 4 nitrogen and oxygen atoms in total. The van der Waals surface area contributed by atoms with E-state index < -0.39 is 0 Å². The first-order valence-corrected chi connectivity index (χ1v) is 8.13. The molecule has 1 aromatic carbocycles. The number of carbonyl (C=O) groups is 1.